The molecule has 1 amide bonds. The predicted molar refractivity (Wildman–Crippen MR) is 80.1 cm³/mol. The van der Waals surface area contributed by atoms with Crippen LogP contribution in [0.5, 0.6) is 0 Å². The summed E-state index contributed by atoms with van der Waals surface area (Å²) in [6.07, 6.45) is -0.932. The third-order valence-electron chi connectivity index (χ3n) is 3.36. The maximum Gasteiger partial charge on any atom is 0.410 e. The van der Waals surface area contributed by atoms with Crippen molar-refractivity contribution in [3.63, 3.8) is 0 Å². The van der Waals surface area contributed by atoms with Crippen molar-refractivity contribution >= 4 is 12.1 Å². The zero-order valence-electron chi connectivity index (χ0n) is 13.5. The first-order valence-electron chi connectivity index (χ1n) is 6.91. The van der Waals surface area contributed by atoms with Crippen LogP contribution >= 0.6 is 0 Å². The van der Waals surface area contributed by atoms with E-state index in [2.05, 4.69) is 0 Å². The molecule has 1 N–H and O–H groups in total. The SMILES string of the molecule is CN(C(=O)OC(C)(C)C)C(C)(Cc1ccccc1F)C(=O)O. The van der Waals surface area contributed by atoms with E-state index in [0.717, 1.165) is 4.90 Å². The Morgan fingerprint density at radius 3 is 2.23 bits per heavy atom. The fourth-order valence-electron chi connectivity index (χ4n) is 1.88. The van der Waals surface area contributed by atoms with E-state index in [9.17, 15) is 19.1 Å². The average Bonchev–Trinajstić information content (AvgIpc) is 2.38. The van der Waals surface area contributed by atoms with Gasteiger partial charge in [0, 0.05) is 13.5 Å². The summed E-state index contributed by atoms with van der Waals surface area (Å²) in [6, 6.07) is 5.90. The van der Waals surface area contributed by atoms with Crippen molar-refractivity contribution in [3.05, 3.63) is 35.6 Å². The third-order valence-corrected chi connectivity index (χ3v) is 3.36. The maximum absolute atomic E-state index is 13.8. The van der Waals surface area contributed by atoms with Crippen molar-refractivity contribution in [3.8, 4) is 0 Å². The van der Waals surface area contributed by atoms with Gasteiger partial charge < -0.3 is 9.84 Å². The maximum atomic E-state index is 13.8. The van der Waals surface area contributed by atoms with Gasteiger partial charge in [0.1, 0.15) is 17.0 Å². The molecule has 6 heteroatoms. The van der Waals surface area contributed by atoms with Crippen molar-refractivity contribution in [2.24, 2.45) is 0 Å². The number of nitrogens with zero attached hydrogens (tertiary/aromatic N) is 1. The summed E-state index contributed by atoms with van der Waals surface area (Å²) < 4.78 is 19.0. The van der Waals surface area contributed by atoms with Gasteiger partial charge in [0.05, 0.1) is 0 Å². The van der Waals surface area contributed by atoms with Gasteiger partial charge in [0.15, 0.2) is 0 Å². The highest BCUT2D eigenvalue weighted by Crippen LogP contribution is 2.24. The largest absolute Gasteiger partial charge is 0.479 e. The van der Waals surface area contributed by atoms with Crippen LogP contribution in [0.15, 0.2) is 24.3 Å². The molecule has 0 bridgehead atoms. The average molecular weight is 311 g/mol. The Balaban J connectivity index is 3.08. The van der Waals surface area contributed by atoms with E-state index in [-0.39, 0.29) is 12.0 Å². The molecule has 1 aromatic carbocycles. The number of rotatable bonds is 4. The fourth-order valence-corrected chi connectivity index (χ4v) is 1.88. The van der Waals surface area contributed by atoms with E-state index in [1.165, 1.54) is 32.2 Å². The molecule has 0 aromatic heterocycles. The molecule has 0 spiro atoms. The van der Waals surface area contributed by atoms with E-state index in [4.69, 9.17) is 4.74 Å². The Bertz CT molecular complexity index is 568. The van der Waals surface area contributed by atoms with Crippen LogP contribution < -0.4 is 0 Å². The molecule has 0 saturated heterocycles. The second kappa shape index (κ2) is 6.34. The molecule has 0 aliphatic rings. The summed E-state index contributed by atoms with van der Waals surface area (Å²) in [5.74, 6) is -1.74. The van der Waals surface area contributed by atoms with E-state index in [0.29, 0.717) is 0 Å². The van der Waals surface area contributed by atoms with Crippen LogP contribution in [0.25, 0.3) is 0 Å². The molecule has 1 rings (SSSR count). The monoisotopic (exact) mass is 311 g/mol. The molecule has 22 heavy (non-hydrogen) atoms. The Kier molecular flexibility index (Phi) is 5.17. The van der Waals surface area contributed by atoms with Crippen LogP contribution in [0, 0.1) is 5.82 Å². The first-order valence-corrected chi connectivity index (χ1v) is 6.91. The molecule has 5 nitrogen and oxygen atoms in total. The lowest BCUT2D eigenvalue weighted by molar-refractivity contribution is -0.149. The molecule has 0 fully saturated rings. The Labute approximate surface area is 129 Å². The Hall–Kier alpha value is -2.11. The number of carboxylic acids is 1. The molecule has 1 aromatic rings. The number of hydrogen-bond donors (Lipinski definition) is 1. The predicted octanol–water partition coefficient (Wildman–Crippen LogP) is 3.08. The first kappa shape index (κ1) is 17.9. The van der Waals surface area contributed by atoms with Crippen LogP contribution in [0.1, 0.15) is 33.3 Å². The van der Waals surface area contributed by atoms with Crippen molar-refractivity contribution in [1.82, 2.24) is 4.90 Å². The van der Waals surface area contributed by atoms with Gasteiger partial charge in [-0.25, -0.2) is 14.0 Å². The second-order valence-electron chi connectivity index (χ2n) is 6.39. The first-order chi connectivity index (χ1) is 9.97. The number of likely N-dealkylation sites (N-methyl/N-ethyl adjacent to an activating group) is 1. The van der Waals surface area contributed by atoms with Crippen LogP contribution in [-0.4, -0.2) is 40.3 Å². The molecular weight excluding hydrogens is 289 g/mol. The van der Waals surface area contributed by atoms with Gasteiger partial charge in [0.2, 0.25) is 0 Å². The van der Waals surface area contributed by atoms with Crippen LogP contribution in [0.3, 0.4) is 0 Å². The zero-order valence-corrected chi connectivity index (χ0v) is 13.5. The van der Waals surface area contributed by atoms with E-state index < -0.39 is 29.0 Å². The minimum Gasteiger partial charge on any atom is -0.479 e. The van der Waals surface area contributed by atoms with Gasteiger partial charge in [-0.15, -0.1) is 0 Å². The van der Waals surface area contributed by atoms with E-state index in [1.807, 2.05) is 0 Å². The van der Waals surface area contributed by atoms with E-state index in [1.54, 1.807) is 26.8 Å². The van der Waals surface area contributed by atoms with Gasteiger partial charge >= 0.3 is 12.1 Å². The summed E-state index contributed by atoms with van der Waals surface area (Å²) >= 11 is 0. The minimum atomic E-state index is -1.62. The van der Waals surface area contributed by atoms with Crippen molar-refractivity contribution in [1.29, 1.82) is 0 Å². The Morgan fingerprint density at radius 2 is 1.77 bits per heavy atom. The highest BCUT2D eigenvalue weighted by atomic mass is 19.1. The number of hydrogen-bond acceptors (Lipinski definition) is 3. The van der Waals surface area contributed by atoms with Gasteiger partial charge in [0.25, 0.3) is 0 Å². The van der Waals surface area contributed by atoms with Gasteiger partial charge in [-0.05, 0) is 39.3 Å². The number of carbonyl (C=O) groups is 2. The van der Waals surface area contributed by atoms with Crippen molar-refractivity contribution in [2.45, 2.75) is 45.3 Å². The molecule has 1 atom stereocenters. The lowest BCUT2D eigenvalue weighted by Gasteiger charge is -2.36. The van der Waals surface area contributed by atoms with Crippen molar-refractivity contribution in [2.75, 3.05) is 7.05 Å². The highest BCUT2D eigenvalue weighted by Gasteiger charge is 2.42. The van der Waals surface area contributed by atoms with Gasteiger partial charge in [-0.2, -0.15) is 0 Å². The van der Waals surface area contributed by atoms with Gasteiger partial charge in [-0.3, -0.25) is 4.90 Å². The highest BCUT2D eigenvalue weighted by molar-refractivity contribution is 5.84. The van der Waals surface area contributed by atoms with E-state index >= 15 is 0 Å². The number of halogens is 1. The number of aliphatic carboxylic acids is 1. The lowest BCUT2D eigenvalue weighted by Crippen LogP contribution is -2.55. The standard InChI is InChI=1S/C16H22FNO4/c1-15(2,3)22-14(21)18(5)16(4,13(19)20)10-11-8-6-7-9-12(11)17/h6-9H,10H2,1-5H3,(H,19,20). The topological polar surface area (TPSA) is 66.8 Å². The lowest BCUT2D eigenvalue weighted by atomic mass is 9.91. The number of carbonyl (C=O) groups excluding carboxylic acids is 1. The number of benzene rings is 1. The number of amides is 1. The summed E-state index contributed by atoms with van der Waals surface area (Å²) in [5, 5.41) is 9.53. The summed E-state index contributed by atoms with van der Waals surface area (Å²) in [6.45, 7) is 6.43. The van der Waals surface area contributed by atoms with Crippen molar-refractivity contribution < 1.29 is 23.8 Å². The molecule has 0 aliphatic carbocycles. The zero-order chi connectivity index (χ0) is 17.1. The normalized spacial score (nSPS) is 14.1. The summed E-state index contributed by atoms with van der Waals surface area (Å²) in [5.41, 5.74) is -2.14. The van der Waals surface area contributed by atoms with Crippen LogP contribution in [0.2, 0.25) is 0 Å². The minimum absolute atomic E-state index is 0.162. The van der Waals surface area contributed by atoms with Crippen LogP contribution in [-0.2, 0) is 16.0 Å². The fraction of sp³-hybridized carbons (Fsp3) is 0.500. The summed E-state index contributed by atoms with van der Waals surface area (Å²) in [7, 11) is 1.34. The van der Waals surface area contributed by atoms with Gasteiger partial charge in [-0.1, -0.05) is 18.2 Å². The molecule has 122 valence electrons. The third kappa shape index (κ3) is 4.19. The molecule has 0 aliphatic heterocycles. The summed E-state index contributed by atoms with van der Waals surface area (Å²) in [4.78, 5) is 24.8. The second-order valence-corrected chi connectivity index (χ2v) is 6.39. The molecule has 0 radical (unpaired) electrons. The Morgan fingerprint density at radius 1 is 1.23 bits per heavy atom. The number of carboxylic acid groups (broad SMARTS) is 1. The molecular formula is C16H22FNO4. The molecule has 1 unspecified atom stereocenters. The molecule has 0 heterocycles. The molecule has 0 saturated carbocycles. The quantitative estimate of drug-likeness (QED) is 0.928. The smallest absolute Gasteiger partial charge is 0.410 e. The number of ether oxygens (including phenoxy) is 1. The van der Waals surface area contributed by atoms with Crippen LogP contribution in [0.4, 0.5) is 9.18 Å².